The third kappa shape index (κ3) is 12.4. The minimum atomic E-state index is -2.31. The number of rotatable bonds is 5. The highest BCUT2D eigenvalue weighted by molar-refractivity contribution is 5.83. The predicted molar refractivity (Wildman–Crippen MR) is 205 cm³/mol. The van der Waals surface area contributed by atoms with Gasteiger partial charge in [0.25, 0.3) is 0 Å². The van der Waals surface area contributed by atoms with E-state index >= 15 is 0 Å². The molecule has 0 amide bonds. The average molecular weight is 839 g/mol. The number of ether oxygens (including phenoxy) is 8. The monoisotopic (exact) mass is 838 g/mol. The van der Waals surface area contributed by atoms with Crippen LogP contribution in [0.5, 0.6) is 0 Å². The smallest absolute Gasteiger partial charge is 0.330 e. The number of hydrogen-bond acceptors (Lipinski definition) is 17. The molecule has 4 rings (SSSR count). The van der Waals surface area contributed by atoms with E-state index in [1.54, 1.807) is 40.7 Å². The van der Waals surface area contributed by atoms with Gasteiger partial charge < -0.3 is 58.3 Å². The van der Waals surface area contributed by atoms with Gasteiger partial charge in [-0.1, -0.05) is 31.6 Å². The fourth-order valence-corrected chi connectivity index (χ4v) is 7.89. The Bertz CT molecular complexity index is 1640. The van der Waals surface area contributed by atoms with Gasteiger partial charge in [-0.2, -0.15) is 0 Å². The van der Waals surface area contributed by atoms with Gasteiger partial charge in [-0.15, -0.1) is 0 Å². The highest BCUT2D eigenvalue weighted by Crippen LogP contribution is 2.49. The molecular formula is C42H62O17. The number of aliphatic hydroxyl groups is 4. The number of carbonyl (C=O) groups excluding carboxylic acids is 5. The van der Waals surface area contributed by atoms with Crippen LogP contribution in [0.25, 0.3) is 0 Å². The minimum Gasteiger partial charge on any atom is -0.466 e. The molecule has 59 heavy (non-hydrogen) atoms. The van der Waals surface area contributed by atoms with Crippen molar-refractivity contribution in [1.82, 2.24) is 0 Å². The quantitative estimate of drug-likeness (QED) is 0.135. The second-order valence-corrected chi connectivity index (χ2v) is 17.6. The number of esters is 5. The second-order valence-electron chi connectivity index (χ2n) is 17.6. The van der Waals surface area contributed by atoms with Crippen LogP contribution in [0.1, 0.15) is 106 Å². The predicted octanol–water partition coefficient (Wildman–Crippen LogP) is 2.78. The van der Waals surface area contributed by atoms with Gasteiger partial charge in [0.2, 0.25) is 5.79 Å². The standard InChI is InChI=1S/C42H62O17/c1-23(43)32-20-29-16-26(17-35(47)53-9)37(54-24(2)44)41(50,58-29)12-10-11-28-13-25(15-34(46)52-8)14-31(55-28)22-42(51)40(6,7)33(57-38(49)39(3,4)5)21-30(59-42)18-27(45)19-36(48)56-32/h10-11,15,17,23,27-33,37,43,45,50-51H,12-14,16,18-22H2,1-9H3/b11-10+,25-15+,26-17+. The summed E-state index contributed by atoms with van der Waals surface area (Å²) in [6.07, 6.45) is -5.31. The Kier molecular flexibility index (Phi) is 15.7. The number of aliphatic hydroxyl groups excluding tert-OH is 2. The topological polar surface area (TPSA) is 240 Å². The number of fused-ring (bicyclic) bond motifs is 6. The summed E-state index contributed by atoms with van der Waals surface area (Å²) in [6, 6.07) is 0. The molecule has 3 fully saturated rings. The van der Waals surface area contributed by atoms with Crippen molar-refractivity contribution in [3.8, 4) is 0 Å². The molecule has 0 spiro atoms. The van der Waals surface area contributed by atoms with Crippen LogP contribution < -0.4 is 0 Å². The van der Waals surface area contributed by atoms with E-state index in [2.05, 4.69) is 0 Å². The molecule has 0 aromatic rings. The Hall–Kier alpha value is -3.71. The lowest BCUT2D eigenvalue weighted by molar-refractivity contribution is -0.349. The first-order valence-corrected chi connectivity index (χ1v) is 20.0. The fourth-order valence-electron chi connectivity index (χ4n) is 7.89. The van der Waals surface area contributed by atoms with Gasteiger partial charge in [-0.25, -0.2) is 9.59 Å². The average Bonchev–Trinajstić information content (AvgIpc) is 3.10. The SMILES string of the molecule is COC(=O)/C=C1\CC2/C=C/CC3(O)OC(C/C(=C\C(=O)OC)C3OC(C)=O)CC(C(C)O)OC(=O)CC(O)CC3CC(OC(=O)C(C)(C)C)C(C)(C)C(O)(CC(C1)O2)O3. The molecule has 0 saturated carbocycles. The van der Waals surface area contributed by atoms with Crippen molar-refractivity contribution in [2.24, 2.45) is 10.8 Å². The zero-order chi connectivity index (χ0) is 44.1. The van der Waals surface area contributed by atoms with Crippen molar-refractivity contribution >= 4 is 29.8 Å². The molecule has 0 aromatic heterocycles. The third-order valence-electron chi connectivity index (χ3n) is 11.2. The summed E-state index contributed by atoms with van der Waals surface area (Å²) >= 11 is 0. The molecule has 11 atom stereocenters. The summed E-state index contributed by atoms with van der Waals surface area (Å²) < 4.78 is 46.0. The van der Waals surface area contributed by atoms with E-state index in [1.165, 1.54) is 26.2 Å². The van der Waals surface area contributed by atoms with Crippen LogP contribution in [-0.4, -0.2) is 131 Å². The molecule has 17 nitrogen and oxygen atoms in total. The number of cyclic esters (lactones) is 1. The normalized spacial score (nSPS) is 36.9. The van der Waals surface area contributed by atoms with Crippen molar-refractivity contribution in [2.45, 2.75) is 173 Å². The first kappa shape index (κ1) is 48.0. The van der Waals surface area contributed by atoms with E-state index in [0.29, 0.717) is 5.57 Å². The van der Waals surface area contributed by atoms with Crippen molar-refractivity contribution in [3.05, 3.63) is 35.5 Å². The maximum Gasteiger partial charge on any atom is 0.330 e. The van der Waals surface area contributed by atoms with Crippen LogP contribution in [0.2, 0.25) is 0 Å². The summed E-state index contributed by atoms with van der Waals surface area (Å²) in [7, 11) is 2.40. The van der Waals surface area contributed by atoms with Crippen molar-refractivity contribution in [1.29, 1.82) is 0 Å². The van der Waals surface area contributed by atoms with Gasteiger partial charge in [0.15, 0.2) is 11.9 Å². The second kappa shape index (κ2) is 19.3. The third-order valence-corrected chi connectivity index (χ3v) is 11.2. The highest BCUT2D eigenvalue weighted by atomic mass is 16.7. The molecular weight excluding hydrogens is 776 g/mol. The van der Waals surface area contributed by atoms with Crippen LogP contribution in [0.3, 0.4) is 0 Å². The van der Waals surface area contributed by atoms with E-state index in [9.17, 15) is 44.4 Å². The summed E-state index contributed by atoms with van der Waals surface area (Å²) in [5.74, 6) is -7.96. The van der Waals surface area contributed by atoms with Crippen LogP contribution in [-0.2, 0) is 61.9 Å². The summed E-state index contributed by atoms with van der Waals surface area (Å²) in [5.41, 5.74) is -1.39. The largest absolute Gasteiger partial charge is 0.466 e. The molecule has 6 bridgehead atoms. The van der Waals surface area contributed by atoms with E-state index in [1.807, 2.05) is 0 Å². The van der Waals surface area contributed by atoms with Crippen LogP contribution in [0.15, 0.2) is 35.5 Å². The Labute approximate surface area is 345 Å². The van der Waals surface area contributed by atoms with Crippen LogP contribution in [0, 0.1) is 10.8 Å². The Morgan fingerprint density at radius 1 is 0.898 bits per heavy atom. The van der Waals surface area contributed by atoms with Gasteiger partial charge in [-0.05, 0) is 52.5 Å². The molecule has 0 aliphatic carbocycles. The molecule has 11 unspecified atom stereocenters. The first-order chi connectivity index (χ1) is 27.4. The molecule has 0 radical (unpaired) electrons. The zero-order valence-corrected chi connectivity index (χ0v) is 35.5. The molecule has 332 valence electrons. The van der Waals surface area contributed by atoms with E-state index in [-0.39, 0.29) is 56.9 Å². The fraction of sp³-hybridized carbons (Fsp3) is 0.738. The van der Waals surface area contributed by atoms with Crippen LogP contribution in [0.4, 0.5) is 0 Å². The van der Waals surface area contributed by atoms with Crippen LogP contribution >= 0.6 is 0 Å². The van der Waals surface area contributed by atoms with Gasteiger partial charge in [0, 0.05) is 51.2 Å². The summed E-state index contributed by atoms with van der Waals surface area (Å²) in [4.78, 5) is 63.9. The Morgan fingerprint density at radius 2 is 1.56 bits per heavy atom. The molecule has 17 heteroatoms. The highest BCUT2D eigenvalue weighted by Gasteiger charge is 2.58. The van der Waals surface area contributed by atoms with Crippen molar-refractivity contribution in [2.75, 3.05) is 14.2 Å². The minimum absolute atomic E-state index is 0.0710. The molecule has 4 heterocycles. The van der Waals surface area contributed by atoms with Crippen molar-refractivity contribution in [3.63, 3.8) is 0 Å². The lowest BCUT2D eigenvalue weighted by atomic mass is 9.70. The molecule has 4 N–H and O–H groups in total. The summed E-state index contributed by atoms with van der Waals surface area (Å²) in [6.45, 7) is 11.0. The van der Waals surface area contributed by atoms with E-state index < -0.39 is 114 Å². The maximum absolute atomic E-state index is 13.3. The van der Waals surface area contributed by atoms with Crippen molar-refractivity contribution < 1.29 is 82.3 Å². The lowest BCUT2D eigenvalue weighted by Crippen LogP contribution is -2.62. The Balaban J connectivity index is 1.82. The lowest BCUT2D eigenvalue weighted by Gasteiger charge is -2.54. The molecule has 3 saturated heterocycles. The Morgan fingerprint density at radius 3 is 2.17 bits per heavy atom. The molecule has 4 aliphatic rings. The van der Waals surface area contributed by atoms with Gasteiger partial charge in [0.1, 0.15) is 12.2 Å². The number of hydrogen-bond donors (Lipinski definition) is 4. The number of carbonyl (C=O) groups is 5. The van der Waals surface area contributed by atoms with E-state index in [0.717, 1.165) is 20.1 Å². The van der Waals surface area contributed by atoms with E-state index in [4.69, 9.17) is 37.9 Å². The maximum atomic E-state index is 13.3. The van der Waals surface area contributed by atoms with Gasteiger partial charge in [-0.3, -0.25) is 14.4 Å². The van der Waals surface area contributed by atoms with Gasteiger partial charge >= 0.3 is 29.8 Å². The molecule has 0 aromatic carbocycles. The zero-order valence-electron chi connectivity index (χ0n) is 35.5. The van der Waals surface area contributed by atoms with Gasteiger partial charge in [0.05, 0.1) is 68.1 Å². The first-order valence-electron chi connectivity index (χ1n) is 20.0. The number of methoxy groups -OCH3 is 2. The molecule has 4 aliphatic heterocycles. The summed E-state index contributed by atoms with van der Waals surface area (Å²) in [5, 5.41) is 46.6.